The van der Waals surface area contributed by atoms with E-state index in [0.29, 0.717) is 5.56 Å². The Morgan fingerprint density at radius 2 is 1.45 bits per heavy atom. The number of rotatable bonds is 3. The molecule has 0 N–H and O–H groups in total. The summed E-state index contributed by atoms with van der Waals surface area (Å²) in [7, 11) is 0. The van der Waals surface area contributed by atoms with Crippen LogP contribution in [-0.2, 0) is 0 Å². The van der Waals surface area contributed by atoms with E-state index >= 15 is 0 Å². The summed E-state index contributed by atoms with van der Waals surface area (Å²) in [6.45, 7) is 0. The normalized spacial score (nSPS) is 22.6. The molecule has 0 unspecified atom stereocenters. The van der Waals surface area contributed by atoms with E-state index in [0.717, 1.165) is 16.7 Å². The Kier molecular flexibility index (Phi) is 4.42. The van der Waals surface area contributed by atoms with Crippen LogP contribution in [0.2, 0.25) is 0 Å². The lowest BCUT2D eigenvalue weighted by Gasteiger charge is -2.34. The van der Waals surface area contributed by atoms with Crippen molar-refractivity contribution >= 4 is 11.9 Å². The molecule has 0 saturated carbocycles. The molecule has 0 spiro atoms. The third kappa shape index (κ3) is 2.70. The van der Waals surface area contributed by atoms with Crippen molar-refractivity contribution in [2.45, 2.75) is 18.0 Å². The highest BCUT2D eigenvalue weighted by Gasteiger charge is 2.63. The summed E-state index contributed by atoms with van der Waals surface area (Å²) in [4.78, 5) is 15.8. The molecule has 148 valence electrons. The molecule has 31 heavy (non-hydrogen) atoms. The SMILES string of the molecule is N#CC1(C#N)[C@H](c2ccccc2)[C@H](C(=O)c2ccccc2)N2C=Cc3ccccc3[C@@H]21. The van der Waals surface area contributed by atoms with Gasteiger partial charge in [0.1, 0.15) is 6.04 Å². The van der Waals surface area contributed by atoms with Gasteiger partial charge in [-0.25, -0.2) is 0 Å². The number of benzene rings is 3. The Balaban J connectivity index is 1.78. The minimum Gasteiger partial charge on any atom is -0.357 e. The van der Waals surface area contributed by atoms with Gasteiger partial charge >= 0.3 is 0 Å². The van der Waals surface area contributed by atoms with Gasteiger partial charge < -0.3 is 4.90 Å². The fraction of sp³-hybridized carbons (Fsp3) is 0.148. The van der Waals surface area contributed by atoms with E-state index in [1.165, 1.54) is 0 Å². The molecule has 0 aromatic heterocycles. The molecule has 5 rings (SSSR count). The summed E-state index contributed by atoms with van der Waals surface area (Å²) >= 11 is 0. The second kappa shape index (κ2) is 7.27. The van der Waals surface area contributed by atoms with Gasteiger partial charge in [0.05, 0.1) is 18.2 Å². The second-order valence-electron chi connectivity index (χ2n) is 7.95. The molecule has 2 aliphatic rings. The number of hydrogen-bond donors (Lipinski definition) is 0. The first-order chi connectivity index (χ1) is 15.2. The van der Waals surface area contributed by atoms with Crippen LogP contribution in [-0.4, -0.2) is 16.7 Å². The highest BCUT2D eigenvalue weighted by Crippen LogP contribution is 2.59. The molecule has 0 amide bonds. The van der Waals surface area contributed by atoms with E-state index in [1.807, 2.05) is 90.0 Å². The zero-order valence-corrected chi connectivity index (χ0v) is 16.7. The Labute approximate surface area is 181 Å². The van der Waals surface area contributed by atoms with Crippen molar-refractivity contribution in [3.8, 4) is 12.1 Å². The van der Waals surface area contributed by atoms with Gasteiger partial charge in [-0.15, -0.1) is 0 Å². The molecule has 0 radical (unpaired) electrons. The quantitative estimate of drug-likeness (QED) is 0.573. The van der Waals surface area contributed by atoms with Gasteiger partial charge in [-0.3, -0.25) is 4.79 Å². The van der Waals surface area contributed by atoms with Crippen molar-refractivity contribution in [1.82, 2.24) is 4.90 Å². The van der Waals surface area contributed by atoms with Crippen LogP contribution in [0.1, 0.15) is 39.0 Å². The Bertz CT molecular complexity index is 1240. The summed E-state index contributed by atoms with van der Waals surface area (Å²) in [6, 6.07) is 29.9. The maximum atomic E-state index is 13.8. The number of carbonyl (C=O) groups is 1. The van der Waals surface area contributed by atoms with Crippen molar-refractivity contribution in [2.75, 3.05) is 0 Å². The fourth-order valence-electron chi connectivity index (χ4n) is 5.10. The van der Waals surface area contributed by atoms with Gasteiger partial charge in [-0.2, -0.15) is 10.5 Å². The van der Waals surface area contributed by atoms with Gasteiger partial charge in [0.15, 0.2) is 11.2 Å². The van der Waals surface area contributed by atoms with Crippen molar-refractivity contribution < 1.29 is 4.79 Å². The molecule has 3 aromatic carbocycles. The van der Waals surface area contributed by atoms with E-state index in [-0.39, 0.29) is 5.78 Å². The topological polar surface area (TPSA) is 67.9 Å². The molecule has 1 saturated heterocycles. The molecule has 4 nitrogen and oxygen atoms in total. The largest absolute Gasteiger partial charge is 0.357 e. The lowest BCUT2D eigenvalue weighted by atomic mass is 9.67. The molecule has 2 aliphatic heterocycles. The molecule has 0 aliphatic carbocycles. The maximum absolute atomic E-state index is 13.8. The van der Waals surface area contributed by atoms with Crippen molar-refractivity contribution in [2.24, 2.45) is 5.41 Å². The summed E-state index contributed by atoms with van der Waals surface area (Å²) in [5.41, 5.74) is 1.85. The number of nitrogens with zero attached hydrogens (tertiary/aromatic N) is 3. The molecule has 3 atom stereocenters. The molecule has 2 heterocycles. The lowest BCUT2D eigenvalue weighted by Crippen LogP contribution is -2.37. The zero-order valence-electron chi connectivity index (χ0n) is 16.7. The summed E-state index contributed by atoms with van der Waals surface area (Å²) in [5.74, 6) is -0.687. The Morgan fingerprint density at radius 3 is 2.13 bits per heavy atom. The zero-order chi connectivity index (χ0) is 21.4. The predicted molar refractivity (Wildman–Crippen MR) is 117 cm³/mol. The number of ketones is 1. The van der Waals surface area contributed by atoms with Crippen LogP contribution in [0.15, 0.2) is 91.1 Å². The van der Waals surface area contributed by atoms with Crippen LogP contribution in [0.3, 0.4) is 0 Å². The first-order valence-electron chi connectivity index (χ1n) is 10.2. The highest BCUT2D eigenvalue weighted by molar-refractivity contribution is 6.01. The first-order valence-corrected chi connectivity index (χ1v) is 10.2. The minimum absolute atomic E-state index is 0.0872. The van der Waals surface area contributed by atoms with Gasteiger partial charge in [0.25, 0.3) is 0 Å². The highest BCUT2D eigenvalue weighted by atomic mass is 16.1. The standard InChI is InChI=1S/C27H19N3O/c28-17-27(18-29)23(20-10-3-1-4-11-20)24(25(31)21-12-5-2-6-13-21)30-16-15-19-9-7-8-14-22(19)26(27)30/h1-16,23-24,26H/t23-,24-,26-/m1/s1. The van der Waals surface area contributed by atoms with E-state index < -0.39 is 23.4 Å². The van der Waals surface area contributed by atoms with Crippen LogP contribution in [0.4, 0.5) is 0 Å². The average molecular weight is 401 g/mol. The Morgan fingerprint density at radius 1 is 0.839 bits per heavy atom. The van der Waals surface area contributed by atoms with E-state index in [9.17, 15) is 15.3 Å². The van der Waals surface area contributed by atoms with E-state index in [1.54, 1.807) is 12.1 Å². The van der Waals surface area contributed by atoms with Crippen LogP contribution >= 0.6 is 0 Å². The molecular formula is C27H19N3O. The van der Waals surface area contributed by atoms with E-state index in [4.69, 9.17) is 0 Å². The summed E-state index contributed by atoms with van der Waals surface area (Å²) < 4.78 is 0. The monoisotopic (exact) mass is 401 g/mol. The smallest absolute Gasteiger partial charge is 0.185 e. The van der Waals surface area contributed by atoms with Crippen LogP contribution in [0.5, 0.6) is 0 Å². The average Bonchev–Trinajstić information content (AvgIpc) is 3.15. The van der Waals surface area contributed by atoms with Crippen LogP contribution in [0, 0.1) is 28.1 Å². The predicted octanol–water partition coefficient (Wildman–Crippen LogP) is 5.10. The number of carbonyl (C=O) groups excluding carboxylic acids is 1. The number of nitriles is 2. The van der Waals surface area contributed by atoms with Crippen molar-refractivity contribution in [3.05, 3.63) is 113 Å². The van der Waals surface area contributed by atoms with Gasteiger partial charge in [-0.1, -0.05) is 84.9 Å². The van der Waals surface area contributed by atoms with Crippen LogP contribution in [0.25, 0.3) is 6.08 Å². The van der Waals surface area contributed by atoms with Crippen LogP contribution < -0.4 is 0 Å². The van der Waals surface area contributed by atoms with Gasteiger partial charge in [0.2, 0.25) is 0 Å². The molecular weight excluding hydrogens is 382 g/mol. The molecule has 1 fully saturated rings. The Hall–Kier alpha value is -4.15. The maximum Gasteiger partial charge on any atom is 0.185 e. The molecule has 0 bridgehead atoms. The number of hydrogen-bond acceptors (Lipinski definition) is 4. The number of Topliss-reactive ketones (excluding diaryl/α,β-unsaturated/α-hetero) is 1. The third-order valence-corrected chi connectivity index (χ3v) is 6.43. The lowest BCUT2D eigenvalue weighted by molar-refractivity contribution is 0.0874. The van der Waals surface area contributed by atoms with Crippen molar-refractivity contribution in [1.29, 1.82) is 10.5 Å². The van der Waals surface area contributed by atoms with E-state index in [2.05, 4.69) is 12.1 Å². The van der Waals surface area contributed by atoms with Gasteiger partial charge in [0, 0.05) is 17.7 Å². The number of fused-ring (bicyclic) bond motifs is 3. The van der Waals surface area contributed by atoms with Crippen molar-refractivity contribution in [3.63, 3.8) is 0 Å². The molecule has 4 heteroatoms. The summed E-state index contributed by atoms with van der Waals surface area (Å²) in [6.07, 6.45) is 3.84. The third-order valence-electron chi connectivity index (χ3n) is 6.43. The molecule has 3 aromatic rings. The van der Waals surface area contributed by atoms with Gasteiger partial charge in [-0.05, 0) is 22.8 Å². The minimum atomic E-state index is -1.42. The first kappa shape index (κ1) is 18.9. The fourth-order valence-corrected chi connectivity index (χ4v) is 5.10. The summed E-state index contributed by atoms with van der Waals surface area (Å²) in [5, 5.41) is 20.9. The second-order valence-corrected chi connectivity index (χ2v) is 7.95.